The highest BCUT2D eigenvalue weighted by Gasteiger charge is 2.05. The molecule has 0 atom stereocenters. The minimum absolute atomic E-state index is 0.240. The number of hydrogen-bond donors (Lipinski definition) is 0. The fraction of sp³-hybridized carbons (Fsp3) is 0.400. The first-order chi connectivity index (χ1) is 6.63. The molecular weight excluding hydrogens is 202 g/mol. The van der Waals surface area contributed by atoms with Crippen molar-refractivity contribution in [3.8, 4) is 0 Å². The maximum atomic E-state index is 11.1. The Balaban J connectivity index is 2.68. The summed E-state index contributed by atoms with van der Waals surface area (Å²) in [4.78, 5) is 15.1. The molecule has 76 valence electrons. The number of hydrogen-bond acceptors (Lipinski definition) is 3. The molecule has 0 spiro atoms. The molecule has 0 aliphatic heterocycles. The Bertz CT molecular complexity index is 339. The Morgan fingerprint density at radius 3 is 2.93 bits per heavy atom. The van der Waals surface area contributed by atoms with Crippen molar-refractivity contribution in [2.45, 2.75) is 20.3 Å². The number of nitrogens with zero attached hydrogens (tertiary/aromatic N) is 1. The van der Waals surface area contributed by atoms with Crippen LogP contribution in [-0.2, 0) is 16.0 Å². The second-order valence-corrected chi connectivity index (χ2v) is 3.29. The highest BCUT2D eigenvalue weighted by molar-refractivity contribution is 6.30. The highest BCUT2D eigenvalue weighted by atomic mass is 35.5. The van der Waals surface area contributed by atoms with Gasteiger partial charge in [0.05, 0.1) is 13.0 Å². The summed E-state index contributed by atoms with van der Waals surface area (Å²) >= 11 is 5.75. The summed E-state index contributed by atoms with van der Waals surface area (Å²) in [5.41, 5.74) is 1.69. The number of esters is 1. The second kappa shape index (κ2) is 4.96. The highest BCUT2D eigenvalue weighted by Crippen LogP contribution is 2.13. The van der Waals surface area contributed by atoms with Crippen LogP contribution < -0.4 is 0 Å². The summed E-state index contributed by atoms with van der Waals surface area (Å²) in [5.74, 6) is -0.240. The zero-order valence-electron chi connectivity index (χ0n) is 8.21. The molecule has 1 heterocycles. The Morgan fingerprint density at radius 1 is 1.64 bits per heavy atom. The maximum Gasteiger partial charge on any atom is 0.310 e. The molecule has 0 saturated carbocycles. The first-order valence-corrected chi connectivity index (χ1v) is 4.78. The van der Waals surface area contributed by atoms with Crippen LogP contribution in [-0.4, -0.2) is 17.6 Å². The zero-order valence-corrected chi connectivity index (χ0v) is 8.97. The average molecular weight is 214 g/mol. The second-order valence-electron chi connectivity index (χ2n) is 2.93. The molecule has 0 fully saturated rings. The van der Waals surface area contributed by atoms with Crippen molar-refractivity contribution in [2.75, 3.05) is 6.61 Å². The monoisotopic (exact) mass is 213 g/mol. The summed E-state index contributed by atoms with van der Waals surface area (Å²) < 4.78 is 4.82. The zero-order chi connectivity index (χ0) is 10.6. The quantitative estimate of drug-likeness (QED) is 0.571. The number of aryl methyl sites for hydroxylation is 1. The molecule has 1 aromatic rings. The molecule has 0 N–H and O–H groups in total. The van der Waals surface area contributed by atoms with Crippen molar-refractivity contribution in [2.24, 2.45) is 0 Å². The van der Waals surface area contributed by atoms with E-state index in [9.17, 15) is 4.79 Å². The Kier molecular flexibility index (Phi) is 3.89. The third-order valence-corrected chi connectivity index (χ3v) is 2.12. The maximum absolute atomic E-state index is 11.1. The van der Waals surface area contributed by atoms with E-state index in [-0.39, 0.29) is 12.4 Å². The number of carbonyl (C=O) groups is 1. The number of halogens is 1. The molecule has 0 aliphatic carbocycles. The lowest BCUT2D eigenvalue weighted by atomic mass is 10.2. The third kappa shape index (κ3) is 3.00. The Hall–Kier alpha value is -1.09. The number of aromatic nitrogens is 1. The Labute approximate surface area is 88.1 Å². The lowest BCUT2D eigenvalue weighted by Gasteiger charge is -2.03. The molecule has 0 amide bonds. The van der Waals surface area contributed by atoms with Crippen molar-refractivity contribution in [1.82, 2.24) is 4.98 Å². The number of ether oxygens (including phenoxy) is 1. The van der Waals surface area contributed by atoms with Crippen LogP contribution in [0.5, 0.6) is 0 Å². The summed E-state index contributed by atoms with van der Waals surface area (Å²) in [6.07, 6.45) is 1.84. The fourth-order valence-corrected chi connectivity index (χ4v) is 1.20. The molecule has 0 radical (unpaired) electrons. The van der Waals surface area contributed by atoms with E-state index in [1.54, 1.807) is 13.1 Å². The largest absolute Gasteiger partial charge is 0.466 e. The first-order valence-electron chi connectivity index (χ1n) is 4.40. The van der Waals surface area contributed by atoms with Crippen LogP contribution in [0, 0.1) is 6.92 Å². The Morgan fingerprint density at radius 2 is 2.36 bits per heavy atom. The molecule has 0 saturated heterocycles. The van der Waals surface area contributed by atoms with Gasteiger partial charge in [-0.05, 0) is 25.0 Å². The summed E-state index contributed by atoms with van der Waals surface area (Å²) in [6, 6.07) is 1.84. The van der Waals surface area contributed by atoms with E-state index in [4.69, 9.17) is 16.3 Å². The van der Waals surface area contributed by atoms with Gasteiger partial charge in [0, 0.05) is 6.20 Å². The topological polar surface area (TPSA) is 39.2 Å². The van der Waals surface area contributed by atoms with E-state index in [0.29, 0.717) is 11.8 Å². The summed E-state index contributed by atoms with van der Waals surface area (Å²) in [5, 5.41) is 0.470. The predicted octanol–water partition coefficient (Wildman–Crippen LogP) is 2.15. The van der Waals surface area contributed by atoms with Crippen LogP contribution in [0.1, 0.15) is 18.1 Å². The number of pyridine rings is 1. The average Bonchev–Trinajstić information content (AvgIpc) is 2.12. The SMILES string of the molecule is CCOC(=O)Cc1cnc(Cl)c(C)c1. The number of rotatable bonds is 3. The van der Waals surface area contributed by atoms with Crippen LogP contribution in [0.4, 0.5) is 0 Å². The van der Waals surface area contributed by atoms with Crippen LogP contribution >= 0.6 is 11.6 Å². The van der Waals surface area contributed by atoms with Gasteiger partial charge < -0.3 is 4.74 Å². The summed E-state index contributed by atoms with van der Waals surface area (Å²) in [7, 11) is 0. The van der Waals surface area contributed by atoms with Crippen molar-refractivity contribution < 1.29 is 9.53 Å². The van der Waals surface area contributed by atoms with E-state index in [1.165, 1.54) is 0 Å². The van der Waals surface area contributed by atoms with Gasteiger partial charge in [-0.15, -0.1) is 0 Å². The van der Waals surface area contributed by atoms with Crippen LogP contribution in [0.3, 0.4) is 0 Å². The molecule has 3 nitrogen and oxygen atoms in total. The van der Waals surface area contributed by atoms with Crippen molar-refractivity contribution in [3.63, 3.8) is 0 Å². The van der Waals surface area contributed by atoms with Gasteiger partial charge in [0.25, 0.3) is 0 Å². The van der Waals surface area contributed by atoms with Gasteiger partial charge in [-0.1, -0.05) is 17.7 Å². The molecule has 0 aromatic carbocycles. The molecule has 0 bridgehead atoms. The standard InChI is InChI=1S/C10H12ClNO2/c1-3-14-9(13)5-8-4-7(2)10(11)12-6-8/h4,6H,3,5H2,1-2H3. The molecular formula is C10H12ClNO2. The van der Waals surface area contributed by atoms with Gasteiger partial charge in [-0.3, -0.25) is 4.79 Å². The van der Waals surface area contributed by atoms with Crippen molar-refractivity contribution in [3.05, 3.63) is 28.5 Å². The summed E-state index contributed by atoms with van der Waals surface area (Å²) in [6.45, 7) is 4.03. The molecule has 1 rings (SSSR count). The van der Waals surface area contributed by atoms with Crippen LogP contribution in [0.25, 0.3) is 0 Å². The van der Waals surface area contributed by atoms with E-state index in [0.717, 1.165) is 11.1 Å². The van der Waals surface area contributed by atoms with Gasteiger partial charge in [-0.25, -0.2) is 4.98 Å². The van der Waals surface area contributed by atoms with Crippen LogP contribution in [0.2, 0.25) is 5.15 Å². The normalized spacial score (nSPS) is 9.93. The van der Waals surface area contributed by atoms with E-state index in [2.05, 4.69) is 4.98 Å². The van der Waals surface area contributed by atoms with E-state index in [1.807, 2.05) is 13.0 Å². The molecule has 1 aromatic heterocycles. The molecule has 0 unspecified atom stereocenters. The van der Waals surface area contributed by atoms with Crippen LogP contribution in [0.15, 0.2) is 12.3 Å². The first kappa shape index (κ1) is 11.0. The van der Waals surface area contributed by atoms with Gasteiger partial charge in [0.1, 0.15) is 5.15 Å². The fourth-order valence-electron chi connectivity index (χ4n) is 1.09. The van der Waals surface area contributed by atoms with Gasteiger partial charge >= 0.3 is 5.97 Å². The smallest absolute Gasteiger partial charge is 0.310 e. The minimum atomic E-state index is -0.240. The minimum Gasteiger partial charge on any atom is -0.466 e. The van der Waals surface area contributed by atoms with E-state index < -0.39 is 0 Å². The molecule has 0 aliphatic rings. The lowest BCUT2D eigenvalue weighted by molar-refractivity contribution is -0.142. The predicted molar refractivity (Wildman–Crippen MR) is 54.3 cm³/mol. The van der Waals surface area contributed by atoms with Crippen molar-refractivity contribution >= 4 is 17.6 Å². The lowest BCUT2D eigenvalue weighted by Crippen LogP contribution is -2.07. The molecule has 14 heavy (non-hydrogen) atoms. The van der Waals surface area contributed by atoms with Gasteiger partial charge in [0.2, 0.25) is 0 Å². The number of carbonyl (C=O) groups excluding carboxylic acids is 1. The third-order valence-electron chi connectivity index (χ3n) is 1.72. The molecule has 4 heteroatoms. The van der Waals surface area contributed by atoms with E-state index >= 15 is 0 Å². The van der Waals surface area contributed by atoms with Crippen molar-refractivity contribution in [1.29, 1.82) is 0 Å². The van der Waals surface area contributed by atoms with Gasteiger partial charge in [0.15, 0.2) is 0 Å². The van der Waals surface area contributed by atoms with Gasteiger partial charge in [-0.2, -0.15) is 0 Å².